The minimum atomic E-state index is -0.679. The molecule has 2 aliphatic rings. The number of likely N-dealkylation sites (tertiary alicyclic amines) is 1. The summed E-state index contributed by atoms with van der Waals surface area (Å²) >= 11 is 6.95. The molecule has 3 N–H and O–H groups in total. The number of carbonyl (C=O) groups excluding carboxylic acids is 2. The number of hydrogen-bond donors (Lipinski definition) is 2. The lowest BCUT2D eigenvalue weighted by atomic mass is 9.96. The lowest BCUT2D eigenvalue weighted by Crippen LogP contribution is -2.58. The van der Waals surface area contributed by atoms with E-state index in [0.717, 1.165) is 44.2 Å². The van der Waals surface area contributed by atoms with Crippen LogP contribution in [0.2, 0.25) is 5.02 Å². The van der Waals surface area contributed by atoms with E-state index < -0.39 is 29.2 Å². The molecule has 2 aliphatic heterocycles. The molecule has 0 unspecified atom stereocenters. The van der Waals surface area contributed by atoms with E-state index in [-0.39, 0.29) is 59.6 Å². The number of aromatic nitrogens is 2. The highest BCUT2D eigenvalue weighted by Crippen LogP contribution is 2.42. The summed E-state index contributed by atoms with van der Waals surface area (Å²) in [7, 11) is 0. The first-order valence-corrected chi connectivity index (χ1v) is 20.4. The monoisotopic (exact) mass is 822 g/mol. The number of phenols is 1. The summed E-state index contributed by atoms with van der Waals surface area (Å²) in [6, 6.07) is 11.9. The molecule has 0 spiro atoms. The van der Waals surface area contributed by atoms with Crippen molar-refractivity contribution in [1.82, 2.24) is 19.8 Å². The second kappa shape index (κ2) is 18.2. The van der Waals surface area contributed by atoms with Gasteiger partial charge in [0.25, 0.3) is 0 Å². The Morgan fingerprint density at radius 1 is 0.966 bits per heavy atom. The summed E-state index contributed by atoms with van der Waals surface area (Å²) in [5.74, 6) is -0.671. The first kappa shape index (κ1) is 43.1. The van der Waals surface area contributed by atoms with Crippen molar-refractivity contribution in [2.75, 3.05) is 64.0 Å². The number of nitrogens with two attached hydrogens (primary N) is 1. The molecular formula is C43H56ClFN6O7. The first-order chi connectivity index (χ1) is 27.5. The topological polar surface area (TPSA) is 153 Å². The number of hydrogen-bond acceptors (Lipinski definition) is 12. The van der Waals surface area contributed by atoms with Crippen molar-refractivity contribution in [1.29, 1.82) is 0 Å². The molecule has 58 heavy (non-hydrogen) atoms. The Kier molecular flexibility index (Phi) is 13.5. The quantitative estimate of drug-likeness (QED) is 0.103. The molecular weight excluding hydrogens is 767 g/mol. The number of esters is 1. The molecule has 3 heterocycles. The van der Waals surface area contributed by atoms with Crippen LogP contribution in [0.4, 0.5) is 15.0 Å². The smallest absolute Gasteiger partial charge is 0.410 e. The highest BCUT2D eigenvalue weighted by Gasteiger charge is 2.35. The molecule has 0 radical (unpaired) electrons. The molecule has 0 saturated carbocycles. The normalized spacial score (nSPS) is 17.9. The number of halogens is 2. The number of nitrogens with zero attached hydrogens (tertiary/aromatic N) is 5. The number of benzene rings is 3. The Labute approximate surface area is 344 Å². The molecule has 314 valence electrons. The van der Waals surface area contributed by atoms with Crippen LogP contribution in [0.15, 0.2) is 42.5 Å². The van der Waals surface area contributed by atoms with E-state index in [9.17, 15) is 14.7 Å². The maximum atomic E-state index is 17.2. The van der Waals surface area contributed by atoms with Gasteiger partial charge in [-0.25, -0.2) is 14.0 Å². The Morgan fingerprint density at radius 3 is 2.47 bits per heavy atom. The molecule has 2 saturated heterocycles. The van der Waals surface area contributed by atoms with Crippen molar-refractivity contribution in [2.24, 2.45) is 5.73 Å². The van der Waals surface area contributed by atoms with E-state index in [1.165, 1.54) is 6.07 Å². The van der Waals surface area contributed by atoms with E-state index in [2.05, 4.69) is 9.88 Å². The molecule has 6 rings (SSSR count). The van der Waals surface area contributed by atoms with Crippen LogP contribution in [0.1, 0.15) is 67.2 Å². The van der Waals surface area contributed by atoms with E-state index in [4.69, 9.17) is 41.3 Å². The maximum absolute atomic E-state index is 17.2. The number of anilines is 1. The third-order valence-electron chi connectivity index (χ3n) is 10.2. The average Bonchev–Trinajstić information content (AvgIpc) is 3.60. The van der Waals surface area contributed by atoms with Crippen molar-refractivity contribution >= 4 is 51.2 Å². The van der Waals surface area contributed by atoms with Gasteiger partial charge in [-0.15, -0.1) is 0 Å². The molecule has 13 nitrogen and oxygen atoms in total. The van der Waals surface area contributed by atoms with Crippen LogP contribution in [0.5, 0.6) is 11.8 Å². The van der Waals surface area contributed by atoms with Crippen LogP contribution in [0.25, 0.3) is 32.8 Å². The van der Waals surface area contributed by atoms with Gasteiger partial charge in [0, 0.05) is 49.8 Å². The van der Waals surface area contributed by atoms with Crippen LogP contribution < -0.4 is 15.4 Å². The van der Waals surface area contributed by atoms with Crippen LogP contribution >= 0.6 is 11.6 Å². The summed E-state index contributed by atoms with van der Waals surface area (Å²) in [6.45, 7) is 14.4. The fourth-order valence-electron chi connectivity index (χ4n) is 7.62. The Bertz CT molecular complexity index is 2110. The van der Waals surface area contributed by atoms with Gasteiger partial charge >= 0.3 is 18.1 Å². The Morgan fingerprint density at radius 2 is 1.72 bits per heavy atom. The average molecular weight is 823 g/mol. The van der Waals surface area contributed by atoms with Crippen LogP contribution in [0.3, 0.4) is 0 Å². The number of fused-ring (bicyclic) bond motifs is 2. The number of phenolic OH excluding ortho intramolecular Hbond substituents is 1. The SMILES string of the molecule is CC(C)(C)OC(=O)COCCCCN1CCC[C@H]1COc1nc(N2CCN(C(=O)OC(C)(C)C)[C@@H](CN)C2)c2cc(Cl)c(-c3cc(O)cc4ccccc34)c(F)c2n1. The minimum Gasteiger partial charge on any atom is -0.508 e. The van der Waals surface area contributed by atoms with Gasteiger partial charge < -0.3 is 39.6 Å². The largest absolute Gasteiger partial charge is 0.508 e. The molecule has 2 fully saturated rings. The van der Waals surface area contributed by atoms with E-state index in [1.807, 2.05) is 70.7 Å². The highest BCUT2D eigenvalue weighted by molar-refractivity contribution is 6.35. The second-order valence-corrected chi connectivity index (χ2v) is 17.4. The lowest BCUT2D eigenvalue weighted by molar-refractivity contribution is -0.160. The lowest BCUT2D eigenvalue weighted by Gasteiger charge is -2.42. The highest BCUT2D eigenvalue weighted by atomic mass is 35.5. The summed E-state index contributed by atoms with van der Waals surface area (Å²) in [4.78, 5) is 40.6. The number of amides is 1. The number of ether oxygens (including phenoxy) is 4. The summed E-state index contributed by atoms with van der Waals surface area (Å²) < 4.78 is 40.0. The van der Waals surface area contributed by atoms with Gasteiger partial charge in [-0.3, -0.25) is 4.90 Å². The van der Waals surface area contributed by atoms with Gasteiger partial charge in [-0.2, -0.15) is 9.97 Å². The molecule has 3 aromatic carbocycles. The molecule has 1 amide bonds. The first-order valence-electron chi connectivity index (χ1n) is 20.0. The number of piperazine rings is 1. The summed E-state index contributed by atoms with van der Waals surface area (Å²) in [5.41, 5.74) is 5.54. The van der Waals surface area contributed by atoms with E-state index >= 15 is 4.39 Å². The Hall–Kier alpha value is -4.50. The molecule has 15 heteroatoms. The molecule has 0 bridgehead atoms. The molecule has 2 atom stereocenters. The fraction of sp³-hybridized carbons (Fsp3) is 0.535. The summed E-state index contributed by atoms with van der Waals surface area (Å²) in [6.07, 6.45) is 3.12. The van der Waals surface area contributed by atoms with Crippen LogP contribution in [0, 0.1) is 5.82 Å². The molecule has 0 aliphatic carbocycles. The molecule has 1 aromatic heterocycles. The molecule has 4 aromatic rings. The van der Waals surface area contributed by atoms with Gasteiger partial charge in [0.15, 0.2) is 5.82 Å². The zero-order valence-corrected chi connectivity index (χ0v) is 35.1. The Balaban J connectivity index is 1.25. The van der Waals surface area contributed by atoms with Gasteiger partial charge in [-0.1, -0.05) is 35.9 Å². The van der Waals surface area contributed by atoms with Crippen molar-refractivity contribution in [3.63, 3.8) is 0 Å². The van der Waals surface area contributed by atoms with E-state index in [1.54, 1.807) is 17.0 Å². The number of carbonyl (C=O) groups is 2. The van der Waals surface area contributed by atoms with Gasteiger partial charge in [0.2, 0.25) is 0 Å². The summed E-state index contributed by atoms with van der Waals surface area (Å²) in [5, 5.41) is 12.6. The number of unbranched alkanes of at least 4 members (excludes halogenated alkanes) is 1. The number of aromatic hydroxyl groups is 1. The fourth-order valence-corrected chi connectivity index (χ4v) is 7.91. The van der Waals surface area contributed by atoms with Gasteiger partial charge in [-0.05, 0) is 115 Å². The zero-order chi connectivity index (χ0) is 41.8. The third-order valence-corrected chi connectivity index (χ3v) is 10.5. The minimum absolute atomic E-state index is 0.0108. The van der Waals surface area contributed by atoms with Gasteiger partial charge in [0.1, 0.15) is 41.5 Å². The van der Waals surface area contributed by atoms with Crippen molar-refractivity contribution < 1.29 is 38.0 Å². The van der Waals surface area contributed by atoms with Crippen molar-refractivity contribution in [3.8, 4) is 22.9 Å². The standard InChI is InChI=1S/C43H56ClFN6O7/c1-42(2,3)57-35(53)26-55-19-10-9-15-49-16-11-13-28(49)25-56-40-47-38-33(39(48-40)50-17-18-51(29(23-46)24-50)41(54)58-43(4,5)6)22-34(44)36(37(38)45)32-21-30(52)20-27-12-7-8-14-31(27)32/h7-8,12,14,20-22,28-29,52H,9-11,13,15-19,23-26,46H2,1-6H3/t28-,29-/m0/s1. The van der Waals surface area contributed by atoms with Crippen LogP contribution in [-0.2, 0) is 19.0 Å². The van der Waals surface area contributed by atoms with Crippen molar-refractivity contribution in [3.05, 3.63) is 53.3 Å². The van der Waals surface area contributed by atoms with Crippen molar-refractivity contribution in [2.45, 2.75) is 90.5 Å². The van der Waals surface area contributed by atoms with Crippen LogP contribution in [-0.4, -0.2) is 119 Å². The maximum Gasteiger partial charge on any atom is 0.410 e. The zero-order valence-electron chi connectivity index (χ0n) is 34.4. The second-order valence-electron chi connectivity index (χ2n) is 17.0. The third kappa shape index (κ3) is 10.6. The predicted octanol–water partition coefficient (Wildman–Crippen LogP) is 7.31. The van der Waals surface area contributed by atoms with Gasteiger partial charge in [0.05, 0.1) is 11.1 Å². The predicted molar refractivity (Wildman–Crippen MR) is 223 cm³/mol. The number of rotatable bonds is 13. The van der Waals surface area contributed by atoms with E-state index in [0.29, 0.717) is 48.4 Å².